The van der Waals surface area contributed by atoms with Crippen LogP contribution in [0.1, 0.15) is 49.3 Å². The van der Waals surface area contributed by atoms with Gasteiger partial charge in [-0.1, -0.05) is 35.7 Å². The molecule has 13 heteroatoms. The number of benzene rings is 2. The minimum atomic E-state index is -0.816. The third-order valence-corrected chi connectivity index (χ3v) is 12.1. The third-order valence-electron chi connectivity index (χ3n) is 11.8. The van der Waals surface area contributed by atoms with Crippen molar-refractivity contribution in [1.82, 2.24) is 39.5 Å². The van der Waals surface area contributed by atoms with E-state index in [9.17, 15) is 14.4 Å². The number of fused-ring (bicyclic) bond motifs is 5. The van der Waals surface area contributed by atoms with Crippen molar-refractivity contribution in [3.8, 4) is 12.3 Å². The first-order valence-corrected chi connectivity index (χ1v) is 18.4. The first-order chi connectivity index (χ1) is 24.7. The van der Waals surface area contributed by atoms with Crippen molar-refractivity contribution in [3.05, 3.63) is 69.2 Å². The van der Waals surface area contributed by atoms with Gasteiger partial charge in [-0.05, 0) is 62.9 Å². The number of nitrogen functional groups attached to an aromatic ring is 1. The maximum Gasteiger partial charge on any atom is 0.326 e. The minimum absolute atomic E-state index is 0.0951. The number of aromatic nitrogens is 3. The van der Waals surface area contributed by atoms with Crippen LogP contribution in [0.25, 0.3) is 21.9 Å². The number of pyridine rings is 1. The number of aromatic amines is 1. The van der Waals surface area contributed by atoms with Gasteiger partial charge in [-0.2, -0.15) is 0 Å². The molecule has 2 aromatic heterocycles. The number of urea groups is 1. The number of rotatable bonds is 6. The maximum absolute atomic E-state index is 14.2. The number of carbonyl (C=O) groups excluding carboxylic acids is 2. The Bertz CT molecular complexity index is 2090. The molecule has 4 aromatic rings. The van der Waals surface area contributed by atoms with Gasteiger partial charge in [0.1, 0.15) is 6.04 Å². The molecule has 8 rings (SSSR count). The highest BCUT2D eigenvalue weighted by Crippen LogP contribution is 2.34. The SMILES string of the molecule is C#Cc1cc(C[C@@H](NC(=O)N2CCC(n3c(=O)[nH]c4c5ccccc5ncc43)CC2)C(=O)N2CCC(N3CC4CC3CN4C)CC2)cc(Cl)c1N. The predicted molar refractivity (Wildman–Crippen MR) is 199 cm³/mol. The van der Waals surface area contributed by atoms with Crippen molar-refractivity contribution in [2.75, 3.05) is 52.0 Å². The van der Waals surface area contributed by atoms with E-state index in [0.717, 1.165) is 53.4 Å². The van der Waals surface area contributed by atoms with Gasteiger partial charge >= 0.3 is 11.7 Å². The molecule has 0 radical (unpaired) electrons. The van der Waals surface area contributed by atoms with Crippen LogP contribution in [0.4, 0.5) is 10.5 Å². The van der Waals surface area contributed by atoms with Crippen LogP contribution < -0.4 is 16.7 Å². The summed E-state index contributed by atoms with van der Waals surface area (Å²) >= 11 is 6.43. The number of hydrogen-bond donors (Lipinski definition) is 3. The zero-order valence-electron chi connectivity index (χ0n) is 28.9. The van der Waals surface area contributed by atoms with E-state index in [1.54, 1.807) is 27.8 Å². The molecule has 12 nitrogen and oxygen atoms in total. The lowest BCUT2D eigenvalue weighted by molar-refractivity contribution is -0.135. The second-order valence-corrected chi connectivity index (χ2v) is 15.1. The zero-order valence-corrected chi connectivity index (χ0v) is 29.6. The number of anilines is 1. The van der Waals surface area contributed by atoms with E-state index in [4.69, 9.17) is 23.8 Å². The first-order valence-electron chi connectivity index (χ1n) is 18.0. The molecule has 4 saturated heterocycles. The van der Waals surface area contributed by atoms with Gasteiger partial charge in [0.25, 0.3) is 0 Å². The highest BCUT2D eigenvalue weighted by Gasteiger charge is 2.45. The Kier molecular flexibility index (Phi) is 8.90. The molecular formula is C38H44ClN9O3. The van der Waals surface area contributed by atoms with Gasteiger partial charge < -0.3 is 30.7 Å². The number of hydrogen-bond acceptors (Lipinski definition) is 7. The minimum Gasteiger partial charge on any atom is -0.397 e. The molecule has 2 aromatic carbocycles. The molecule has 0 spiro atoms. The molecular weight excluding hydrogens is 666 g/mol. The Labute approximate surface area is 301 Å². The fourth-order valence-corrected chi connectivity index (χ4v) is 9.22. The normalized spacial score (nSPS) is 22.5. The van der Waals surface area contributed by atoms with Crippen molar-refractivity contribution < 1.29 is 9.59 Å². The summed E-state index contributed by atoms with van der Waals surface area (Å²) < 4.78 is 1.78. The molecule has 0 saturated carbocycles. The number of H-pyrrole nitrogens is 1. The van der Waals surface area contributed by atoms with E-state index < -0.39 is 6.04 Å². The van der Waals surface area contributed by atoms with E-state index in [1.165, 1.54) is 6.42 Å². The molecule has 3 amide bonds. The van der Waals surface area contributed by atoms with Crippen LogP contribution in [0, 0.1) is 12.3 Å². The summed E-state index contributed by atoms with van der Waals surface area (Å²) in [5.41, 5.74) is 9.77. The highest BCUT2D eigenvalue weighted by atomic mass is 35.5. The Morgan fingerprint density at radius 3 is 2.47 bits per heavy atom. The van der Waals surface area contributed by atoms with Gasteiger partial charge in [-0.25, -0.2) is 9.59 Å². The standard InChI is InChI=1S/C38H44ClN9O3/c1-3-24-16-23(17-30(39)34(24)40)18-32(36(49)45-12-8-25(9-13-45)47-22-27-19-28(47)21-44(27)2)42-37(50)46-14-10-26(11-15-46)48-33-20-41-31-7-5-4-6-29(31)35(33)43-38(48)51/h1,4-7,16-17,20,25-28,32H,8-15,18-19,21-22,40H2,2H3,(H,42,50)(H,43,51)/t27?,28?,32-/m1/s1. The van der Waals surface area contributed by atoms with E-state index in [2.05, 4.69) is 38.1 Å². The number of carbonyl (C=O) groups is 2. The smallest absolute Gasteiger partial charge is 0.326 e. The molecule has 0 aliphatic carbocycles. The zero-order chi connectivity index (χ0) is 35.4. The number of imidazole rings is 1. The number of nitrogens with zero attached hydrogens (tertiary/aromatic N) is 6. The first kappa shape index (κ1) is 33.6. The molecule has 2 bridgehead atoms. The second-order valence-electron chi connectivity index (χ2n) is 14.7. The van der Waals surface area contributed by atoms with E-state index >= 15 is 0 Å². The molecule has 4 fully saturated rings. The molecule has 51 heavy (non-hydrogen) atoms. The number of nitrogens with one attached hydrogen (secondary N) is 2. The van der Waals surface area contributed by atoms with Crippen molar-refractivity contribution in [1.29, 1.82) is 0 Å². The number of amides is 3. The number of halogens is 1. The van der Waals surface area contributed by atoms with Gasteiger partial charge in [0.05, 0.1) is 33.5 Å². The van der Waals surface area contributed by atoms with Crippen LogP contribution in [-0.2, 0) is 11.2 Å². The largest absolute Gasteiger partial charge is 0.397 e. The predicted octanol–water partition coefficient (Wildman–Crippen LogP) is 3.43. The summed E-state index contributed by atoms with van der Waals surface area (Å²) in [5, 5.41) is 4.30. The fourth-order valence-electron chi connectivity index (χ4n) is 8.98. The molecule has 3 atom stereocenters. The topological polar surface area (TPSA) is 136 Å². The van der Waals surface area contributed by atoms with Crippen LogP contribution in [-0.4, -0.2) is 117 Å². The van der Waals surface area contributed by atoms with Crippen molar-refractivity contribution in [3.63, 3.8) is 0 Å². The number of piperazine rings is 1. The third kappa shape index (κ3) is 6.21. The maximum atomic E-state index is 14.2. The summed E-state index contributed by atoms with van der Waals surface area (Å²) in [4.78, 5) is 57.6. The van der Waals surface area contributed by atoms with E-state index in [0.29, 0.717) is 73.4 Å². The highest BCUT2D eigenvalue weighted by molar-refractivity contribution is 6.33. The number of likely N-dealkylation sites (N-methyl/N-ethyl adjacent to an activating group) is 1. The summed E-state index contributed by atoms with van der Waals surface area (Å²) in [7, 11) is 2.21. The van der Waals surface area contributed by atoms with Crippen LogP contribution in [0.15, 0.2) is 47.4 Å². The van der Waals surface area contributed by atoms with Gasteiger partial charge in [-0.3, -0.25) is 19.2 Å². The van der Waals surface area contributed by atoms with Gasteiger partial charge in [-0.15, -0.1) is 6.42 Å². The summed E-state index contributed by atoms with van der Waals surface area (Å²) in [6, 6.07) is 11.7. The van der Waals surface area contributed by atoms with E-state index in [1.807, 2.05) is 29.2 Å². The van der Waals surface area contributed by atoms with Gasteiger partial charge in [0, 0.05) is 80.8 Å². The average molecular weight is 710 g/mol. The summed E-state index contributed by atoms with van der Waals surface area (Å²) in [6.45, 7) is 4.38. The second kappa shape index (κ2) is 13.5. The summed E-state index contributed by atoms with van der Waals surface area (Å²) in [6.07, 6.45) is 11.9. The molecule has 266 valence electrons. The molecule has 4 aliphatic heterocycles. The van der Waals surface area contributed by atoms with Crippen molar-refractivity contribution in [2.24, 2.45) is 0 Å². The van der Waals surface area contributed by atoms with Crippen molar-refractivity contribution >= 4 is 51.2 Å². The van der Waals surface area contributed by atoms with E-state index in [-0.39, 0.29) is 30.1 Å². The lowest BCUT2D eigenvalue weighted by Gasteiger charge is -2.42. The van der Waals surface area contributed by atoms with Crippen LogP contribution >= 0.6 is 11.6 Å². The fraction of sp³-hybridized carbons (Fsp3) is 0.474. The Balaban J connectivity index is 0.958. The van der Waals surface area contributed by atoms with Gasteiger partial charge in [0.15, 0.2) is 0 Å². The van der Waals surface area contributed by atoms with Crippen LogP contribution in [0.2, 0.25) is 5.02 Å². The average Bonchev–Trinajstić information content (AvgIpc) is 3.84. The molecule has 4 aliphatic rings. The van der Waals surface area contributed by atoms with Crippen LogP contribution in [0.3, 0.4) is 0 Å². The molecule has 4 N–H and O–H groups in total. The molecule has 2 unspecified atom stereocenters. The lowest BCUT2D eigenvalue weighted by Crippen LogP contribution is -2.57. The summed E-state index contributed by atoms with van der Waals surface area (Å²) in [5.74, 6) is 2.47. The monoisotopic (exact) mass is 709 g/mol. The lowest BCUT2D eigenvalue weighted by atomic mass is 9.98. The Morgan fingerprint density at radius 2 is 1.76 bits per heavy atom. The Morgan fingerprint density at radius 1 is 1.04 bits per heavy atom. The number of terminal acetylenes is 1. The number of piperidine rings is 2. The number of nitrogens with two attached hydrogens (primary N) is 1. The molecule has 6 heterocycles. The number of para-hydroxylation sites is 1. The number of likely N-dealkylation sites (tertiary alicyclic amines) is 4. The van der Waals surface area contributed by atoms with Gasteiger partial charge in [0.2, 0.25) is 5.91 Å². The van der Waals surface area contributed by atoms with Crippen molar-refractivity contribution in [2.45, 2.75) is 68.7 Å². The van der Waals surface area contributed by atoms with Crippen LogP contribution in [0.5, 0.6) is 0 Å². The Hall–Kier alpha value is -4.57. The quantitative estimate of drug-likeness (QED) is 0.206.